The molecule has 0 saturated carbocycles. The predicted octanol–water partition coefficient (Wildman–Crippen LogP) is 2.71. The first-order valence-electron chi connectivity index (χ1n) is 8.50. The Morgan fingerprint density at radius 3 is 2.68 bits per heavy atom. The van der Waals surface area contributed by atoms with Gasteiger partial charge in [-0.15, -0.1) is 0 Å². The first kappa shape index (κ1) is 17.2. The Hall–Kier alpha value is -2.65. The van der Waals surface area contributed by atoms with Crippen LogP contribution in [-0.2, 0) is 0 Å². The number of nitrogens with zero attached hydrogens (tertiary/aromatic N) is 4. The van der Waals surface area contributed by atoms with E-state index >= 15 is 0 Å². The number of hydrogen-bond acceptors (Lipinski definition) is 5. The van der Waals surface area contributed by atoms with Crippen molar-refractivity contribution >= 4 is 11.5 Å². The lowest BCUT2D eigenvalue weighted by molar-refractivity contribution is 0.250. The Morgan fingerprint density at radius 1 is 1.24 bits per heavy atom. The summed E-state index contributed by atoms with van der Waals surface area (Å²) in [7, 11) is 0. The third kappa shape index (κ3) is 4.46. The summed E-state index contributed by atoms with van der Waals surface area (Å²) in [5.41, 5.74) is 0.778. The third-order valence-electron chi connectivity index (χ3n) is 4.38. The number of pyridine rings is 1. The molecule has 0 spiro atoms. The van der Waals surface area contributed by atoms with Crippen LogP contribution in [0.3, 0.4) is 0 Å². The van der Waals surface area contributed by atoms with Gasteiger partial charge in [0.15, 0.2) is 0 Å². The predicted molar refractivity (Wildman–Crippen MR) is 97.1 cm³/mol. The van der Waals surface area contributed by atoms with Gasteiger partial charge in [-0.3, -0.25) is 4.90 Å². The molecule has 1 aliphatic heterocycles. The van der Waals surface area contributed by atoms with Crippen LogP contribution in [0, 0.1) is 17.1 Å². The molecule has 1 aliphatic rings. The van der Waals surface area contributed by atoms with E-state index in [1.165, 1.54) is 6.07 Å². The second kappa shape index (κ2) is 7.95. The van der Waals surface area contributed by atoms with Crippen LogP contribution in [0.25, 0.3) is 0 Å². The quantitative estimate of drug-likeness (QED) is 0.908. The van der Waals surface area contributed by atoms with E-state index < -0.39 is 0 Å². The zero-order valence-corrected chi connectivity index (χ0v) is 14.3. The largest absolute Gasteiger partial charge is 0.379 e. The van der Waals surface area contributed by atoms with Crippen molar-refractivity contribution in [1.29, 1.82) is 5.26 Å². The second-order valence-electron chi connectivity index (χ2n) is 6.33. The van der Waals surface area contributed by atoms with E-state index in [1.54, 1.807) is 12.1 Å². The normalized spacial score (nSPS) is 16.3. The molecule has 6 heteroatoms. The van der Waals surface area contributed by atoms with Crippen LogP contribution in [0.5, 0.6) is 0 Å². The lowest BCUT2D eigenvalue weighted by atomic mass is 10.2. The first-order chi connectivity index (χ1) is 12.2. The molecule has 0 radical (unpaired) electrons. The molecule has 1 unspecified atom stereocenters. The Balaban J connectivity index is 1.50. The molecular weight excluding hydrogens is 317 g/mol. The second-order valence-corrected chi connectivity index (χ2v) is 6.33. The highest BCUT2D eigenvalue weighted by Crippen LogP contribution is 2.17. The Morgan fingerprint density at radius 2 is 2.04 bits per heavy atom. The van der Waals surface area contributed by atoms with Crippen molar-refractivity contribution in [1.82, 2.24) is 9.88 Å². The van der Waals surface area contributed by atoms with Gasteiger partial charge in [-0.25, -0.2) is 9.37 Å². The minimum atomic E-state index is -0.383. The van der Waals surface area contributed by atoms with Crippen LogP contribution in [-0.4, -0.2) is 48.6 Å². The molecular formula is C19H22FN5. The maximum atomic E-state index is 14.0. The highest BCUT2D eigenvalue weighted by Gasteiger charge is 2.19. The van der Waals surface area contributed by atoms with E-state index in [2.05, 4.69) is 20.1 Å². The van der Waals surface area contributed by atoms with Crippen molar-refractivity contribution in [3.63, 3.8) is 0 Å². The molecule has 5 nitrogen and oxygen atoms in total. The van der Waals surface area contributed by atoms with E-state index in [1.807, 2.05) is 37.4 Å². The van der Waals surface area contributed by atoms with Crippen molar-refractivity contribution in [2.45, 2.75) is 13.0 Å². The van der Waals surface area contributed by atoms with Crippen LogP contribution in [0.2, 0.25) is 0 Å². The van der Waals surface area contributed by atoms with Gasteiger partial charge in [-0.05, 0) is 37.3 Å². The van der Waals surface area contributed by atoms with Gasteiger partial charge in [0.1, 0.15) is 11.6 Å². The molecule has 0 bridgehead atoms. The maximum absolute atomic E-state index is 14.0. The average Bonchev–Trinajstić information content (AvgIpc) is 2.64. The molecule has 1 atom stereocenters. The van der Waals surface area contributed by atoms with Gasteiger partial charge in [0, 0.05) is 45.0 Å². The van der Waals surface area contributed by atoms with Gasteiger partial charge in [0.25, 0.3) is 0 Å². The topological polar surface area (TPSA) is 55.2 Å². The van der Waals surface area contributed by atoms with Crippen LogP contribution < -0.4 is 10.2 Å². The van der Waals surface area contributed by atoms with E-state index in [0.29, 0.717) is 11.3 Å². The Bertz CT molecular complexity index is 735. The molecule has 1 aromatic heterocycles. The average molecular weight is 339 g/mol. The number of anilines is 2. The summed E-state index contributed by atoms with van der Waals surface area (Å²) in [6, 6.07) is 12.6. The van der Waals surface area contributed by atoms with Crippen molar-refractivity contribution in [3.05, 3.63) is 54.0 Å². The van der Waals surface area contributed by atoms with E-state index in [9.17, 15) is 4.39 Å². The van der Waals surface area contributed by atoms with Gasteiger partial charge in [0.05, 0.1) is 17.3 Å². The lowest BCUT2D eigenvalue weighted by Gasteiger charge is -2.36. The minimum absolute atomic E-state index is 0.115. The fourth-order valence-electron chi connectivity index (χ4n) is 3.10. The number of rotatable bonds is 5. The number of aromatic nitrogens is 1. The van der Waals surface area contributed by atoms with E-state index in [0.717, 1.165) is 38.5 Å². The van der Waals surface area contributed by atoms with Gasteiger partial charge in [-0.2, -0.15) is 5.26 Å². The van der Waals surface area contributed by atoms with Crippen LogP contribution >= 0.6 is 0 Å². The Labute approximate surface area is 147 Å². The van der Waals surface area contributed by atoms with Crippen molar-refractivity contribution in [2.75, 3.05) is 42.9 Å². The molecule has 130 valence electrons. The number of hydrogen-bond donors (Lipinski definition) is 1. The summed E-state index contributed by atoms with van der Waals surface area (Å²) in [6.45, 7) is 6.68. The number of nitriles is 1. The van der Waals surface area contributed by atoms with Gasteiger partial charge < -0.3 is 10.2 Å². The summed E-state index contributed by atoms with van der Waals surface area (Å²) in [6.07, 6.45) is 1.82. The molecule has 1 fully saturated rings. The number of benzene rings is 1. The molecule has 2 heterocycles. The third-order valence-corrected chi connectivity index (χ3v) is 4.38. The van der Waals surface area contributed by atoms with Gasteiger partial charge in [0.2, 0.25) is 0 Å². The van der Waals surface area contributed by atoms with Crippen molar-refractivity contribution in [2.24, 2.45) is 0 Å². The van der Waals surface area contributed by atoms with Crippen LogP contribution in [0.4, 0.5) is 15.9 Å². The summed E-state index contributed by atoms with van der Waals surface area (Å²) in [4.78, 5) is 9.06. The van der Waals surface area contributed by atoms with Crippen molar-refractivity contribution < 1.29 is 4.39 Å². The molecule has 25 heavy (non-hydrogen) atoms. The highest BCUT2D eigenvalue weighted by atomic mass is 19.1. The smallest absolute Gasteiger partial charge is 0.147 e. The summed E-state index contributed by atoms with van der Waals surface area (Å²) in [5, 5.41) is 12.0. The zero-order valence-electron chi connectivity index (χ0n) is 14.3. The SMILES string of the molecule is CC(CN1CCN(c2ccccn2)CC1)Nc1ccc(C#N)cc1F. The molecule has 0 amide bonds. The summed E-state index contributed by atoms with van der Waals surface area (Å²) < 4.78 is 14.0. The maximum Gasteiger partial charge on any atom is 0.147 e. The fourth-order valence-corrected chi connectivity index (χ4v) is 3.10. The summed E-state index contributed by atoms with van der Waals surface area (Å²) >= 11 is 0. The van der Waals surface area contributed by atoms with E-state index in [-0.39, 0.29) is 11.9 Å². The lowest BCUT2D eigenvalue weighted by Crippen LogP contribution is -2.49. The van der Waals surface area contributed by atoms with Gasteiger partial charge in [-0.1, -0.05) is 6.07 Å². The van der Waals surface area contributed by atoms with E-state index in [4.69, 9.17) is 5.26 Å². The molecule has 3 rings (SSSR count). The monoisotopic (exact) mass is 339 g/mol. The highest BCUT2D eigenvalue weighted by molar-refractivity contribution is 5.49. The molecule has 1 saturated heterocycles. The molecule has 0 aliphatic carbocycles. The summed E-state index contributed by atoms with van der Waals surface area (Å²) in [5.74, 6) is 0.638. The minimum Gasteiger partial charge on any atom is -0.379 e. The first-order valence-corrected chi connectivity index (χ1v) is 8.50. The standard InChI is InChI=1S/C19H22FN5/c1-15(23-18-6-5-16(13-21)12-17(18)20)14-24-8-10-25(11-9-24)19-4-2-3-7-22-19/h2-7,12,15,23H,8-11,14H2,1H3. The number of piperazine rings is 1. The number of halogens is 1. The molecule has 1 aromatic carbocycles. The Kier molecular flexibility index (Phi) is 5.46. The zero-order chi connectivity index (χ0) is 17.6. The number of nitrogens with one attached hydrogen (secondary N) is 1. The fraction of sp³-hybridized carbons (Fsp3) is 0.368. The molecule has 1 N–H and O–H groups in total. The molecule has 2 aromatic rings. The van der Waals surface area contributed by atoms with Crippen LogP contribution in [0.15, 0.2) is 42.6 Å². The van der Waals surface area contributed by atoms with Crippen LogP contribution in [0.1, 0.15) is 12.5 Å². The van der Waals surface area contributed by atoms with Crippen molar-refractivity contribution in [3.8, 4) is 6.07 Å². The van der Waals surface area contributed by atoms with Gasteiger partial charge >= 0.3 is 0 Å².